The van der Waals surface area contributed by atoms with Crippen molar-refractivity contribution < 1.29 is 14.2 Å². The van der Waals surface area contributed by atoms with Crippen molar-refractivity contribution in [1.82, 2.24) is 0 Å². The van der Waals surface area contributed by atoms with Crippen LogP contribution in [0.25, 0.3) is 0 Å². The van der Waals surface area contributed by atoms with Crippen LogP contribution in [0, 0.1) is 17.7 Å². The molecule has 24 heavy (non-hydrogen) atoms. The molecule has 0 aliphatic rings. The summed E-state index contributed by atoms with van der Waals surface area (Å²) in [6.07, 6.45) is 6.10. The third-order valence-corrected chi connectivity index (χ3v) is 3.67. The Morgan fingerprint density at radius 1 is 0.917 bits per heavy atom. The molecule has 0 aliphatic carbocycles. The van der Waals surface area contributed by atoms with Gasteiger partial charge in [-0.05, 0) is 48.9 Å². The highest BCUT2D eigenvalue weighted by Crippen LogP contribution is 2.16. The Hall–Kier alpha value is -2.47. The van der Waals surface area contributed by atoms with Crippen molar-refractivity contribution in [3.05, 3.63) is 59.4 Å². The first-order valence-electron chi connectivity index (χ1n) is 8.42. The van der Waals surface area contributed by atoms with Crippen molar-refractivity contribution in [2.24, 2.45) is 0 Å². The molecule has 0 saturated heterocycles. The van der Waals surface area contributed by atoms with E-state index < -0.39 is 5.82 Å². The number of hydrogen-bond donors (Lipinski definition) is 1. The van der Waals surface area contributed by atoms with Crippen LogP contribution in [0.1, 0.15) is 50.2 Å². The van der Waals surface area contributed by atoms with Crippen molar-refractivity contribution in [2.75, 3.05) is 6.61 Å². The summed E-state index contributed by atoms with van der Waals surface area (Å²) < 4.78 is 18.9. The smallest absolute Gasteiger partial charge is 0.166 e. The van der Waals surface area contributed by atoms with Gasteiger partial charge in [0.2, 0.25) is 0 Å². The van der Waals surface area contributed by atoms with Crippen LogP contribution in [0.15, 0.2) is 42.5 Å². The molecule has 2 nitrogen and oxygen atoms in total. The zero-order valence-corrected chi connectivity index (χ0v) is 14.0. The summed E-state index contributed by atoms with van der Waals surface area (Å²) in [4.78, 5) is 0. The SMILES string of the molecule is CCCCCCCOc1ccc(C#Cc2ccc(O)c(F)c2)cc1. The second kappa shape index (κ2) is 9.62. The summed E-state index contributed by atoms with van der Waals surface area (Å²) in [5.41, 5.74) is 1.36. The minimum Gasteiger partial charge on any atom is -0.505 e. The average Bonchev–Trinajstić information content (AvgIpc) is 2.60. The van der Waals surface area contributed by atoms with E-state index >= 15 is 0 Å². The summed E-state index contributed by atoms with van der Waals surface area (Å²) in [6, 6.07) is 11.7. The Morgan fingerprint density at radius 2 is 1.58 bits per heavy atom. The summed E-state index contributed by atoms with van der Waals surface area (Å²) in [6.45, 7) is 2.95. The molecule has 0 fully saturated rings. The fourth-order valence-electron chi connectivity index (χ4n) is 2.26. The molecular formula is C21H23FO2. The number of unbranched alkanes of at least 4 members (excludes halogenated alkanes) is 4. The zero-order chi connectivity index (χ0) is 17.2. The van der Waals surface area contributed by atoms with Crippen LogP contribution in [0.5, 0.6) is 11.5 Å². The molecule has 0 aromatic heterocycles. The molecule has 2 aromatic carbocycles. The Morgan fingerprint density at radius 3 is 2.29 bits per heavy atom. The lowest BCUT2D eigenvalue weighted by Gasteiger charge is -2.05. The van der Waals surface area contributed by atoms with Crippen molar-refractivity contribution in [2.45, 2.75) is 39.0 Å². The molecule has 0 atom stereocenters. The highest BCUT2D eigenvalue weighted by molar-refractivity contribution is 5.45. The maximum absolute atomic E-state index is 13.2. The number of halogens is 1. The molecular weight excluding hydrogens is 303 g/mol. The maximum Gasteiger partial charge on any atom is 0.166 e. The van der Waals surface area contributed by atoms with Gasteiger partial charge in [-0.25, -0.2) is 4.39 Å². The normalized spacial score (nSPS) is 10.1. The Labute approximate surface area is 143 Å². The van der Waals surface area contributed by atoms with Gasteiger partial charge in [0.1, 0.15) is 5.75 Å². The standard InChI is InChI=1S/C21H23FO2/c1-2-3-4-5-6-15-24-19-12-9-17(10-13-19)7-8-18-11-14-21(23)20(22)16-18/h9-14,16,23H,2-6,15H2,1H3. The van der Waals surface area contributed by atoms with E-state index in [4.69, 9.17) is 9.84 Å². The lowest BCUT2D eigenvalue weighted by Crippen LogP contribution is -1.97. The first kappa shape index (κ1) is 17.9. The number of aromatic hydroxyl groups is 1. The first-order valence-corrected chi connectivity index (χ1v) is 8.42. The van der Waals surface area contributed by atoms with Crippen molar-refractivity contribution in [3.63, 3.8) is 0 Å². The second-order valence-corrected chi connectivity index (χ2v) is 5.70. The van der Waals surface area contributed by atoms with Crippen molar-refractivity contribution in [3.8, 4) is 23.3 Å². The molecule has 2 aromatic rings. The van der Waals surface area contributed by atoms with E-state index in [1.807, 2.05) is 24.3 Å². The van der Waals surface area contributed by atoms with Gasteiger partial charge in [0.15, 0.2) is 11.6 Å². The maximum atomic E-state index is 13.2. The topological polar surface area (TPSA) is 29.5 Å². The minimum atomic E-state index is -0.663. The quantitative estimate of drug-likeness (QED) is 0.554. The third-order valence-electron chi connectivity index (χ3n) is 3.67. The highest BCUT2D eigenvalue weighted by atomic mass is 19.1. The lowest BCUT2D eigenvalue weighted by atomic mass is 10.1. The summed E-state index contributed by atoms with van der Waals surface area (Å²) >= 11 is 0. The molecule has 0 aliphatic heterocycles. The molecule has 0 amide bonds. The first-order chi connectivity index (χ1) is 11.7. The fourth-order valence-corrected chi connectivity index (χ4v) is 2.26. The molecule has 0 bridgehead atoms. The fraction of sp³-hybridized carbons (Fsp3) is 0.333. The second-order valence-electron chi connectivity index (χ2n) is 5.70. The summed E-state index contributed by atoms with van der Waals surface area (Å²) in [7, 11) is 0. The van der Waals surface area contributed by atoms with Crippen LogP contribution in [-0.4, -0.2) is 11.7 Å². The Kier molecular flexibility index (Phi) is 7.17. The Bertz CT molecular complexity index is 696. The predicted octanol–water partition coefficient (Wildman–Crippen LogP) is 5.28. The number of hydrogen-bond acceptors (Lipinski definition) is 2. The van der Waals surface area contributed by atoms with Gasteiger partial charge in [0.25, 0.3) is 0 Å². The summed E-state index contributed by atoms with van der Waals surface area (Å²) in [5.74, 6) is 5.66. The van der Waals surface area contributed by atoms with Crippen molar-refractivity contribution >= 4 is 0 Å². The molecule has 2 rings (SSSR count). The van der Waals surface area contributed by atoms with Gasteiger partial charge in [-0.15, -0.1) is 0 Å². The van der Waals surface area contributed by atoms with Crippen LogP contribution < -0.4 is 4.74 Å². The van der Waals surface area contributed by atoms with Gasteiger partial charge >= 0.3 is 0 Å². The van der Waals surface area contributed by atoms with Gasteiger partial charge in [-0.2, -0.15) is 0 Å². The molecule has 1 N–H and O–H groups in total. The largest absolute Gasteiger partial charge is 0.505 e. The molecule has 0 saturated carbocycles. The molecule has 126 valence electrons. The lowest BCUT2D eigenvalue weighted by molar-refractivity contribution is 0.304. The molecule has 0 radical (unpaired) electrons. The van der Waals surface area contributed by atoms with E-state index in [1.165, 1.54) is 37.8 Å². The zero-order valence-electron chi connectivity index (χ0n) is 14.0. The molecule has 0 heterocycles. The Balaban J connectivity index is 1.84. The van der Waals surface area contributed by atoms with E-state index in [-0.39, 0.29) is 5.75 Å². The van der Waals surface area contributed by atoms with E-state index in [0.29, 0.717) is 5.56 Å². The van der Waals surface area contributed by atoms with Gasteiger partial charge in [-0.1, -0.05) is 44.4 Å². The third kappa shape index (κ3) is 5.96. The number of phenolic OH excluding ortho intramolecular Hbond substituents is 1. The van der Waals surface area contributed by atoms with Crippen LogP contribution in [0.2, 0.25) is 0 Å². The van der Waals surface area contributed by atoms with Gasteiger partial charge in [0.05, 0.1) is 6.61 Å². The number of rotatable bonds is 7. The number of phenols is 1. The number of ether oxygens (including phenoxy) is 1. The van der Waals surface area contributed by atoms with Gasteiger partial charge < -0.3 is 9.84 Å². The van der Waals surface area contributed by atoms with Crippen LogP contribution in [-0.2, 0) is 0 Å². The molecule has 3 heteroatoms. The van der Waals surface area contributed by atoms with E-state index in [0.717, 1.165) is 24.3 Å². The van der Waals surface area contributed by atoms with Gasteiger partial charge in [0, 0.05) is 11.1 Å². The van der Waals surface area contributed by atoms with Gasteiger partial charge in [-0.3, -0.25) is 0 Å². The molecule has 0 unspecified atom stereocenters. The van der Waals surface area contributed by atoms with E-state index in [9.17, 15) is 4.39 Å². The average molecular weight is 326 g/mol. The van der Waals surface area contributed by atoms with E-state index in [1.54, 1.807) is 6.07 Å². The van der Waals surface area contributed by atoms with Crippen LogP contribution >= 0.6 is 0 Å². The van der Waals surface area contributed by atoms with Crippen LogP contribution in [0.3, 0.4) is 0 Å². The predicted molar refractivity (Wildman–Crippen MR) is 94.7 cm³/mol. The highest BCUT2D eigenvalue weighted by Gasteiger charge is 1.99. The van der Waals surface area contributed by atoms with E-state index in [2.05, 4.69) is 18.8 Å². The minimum absolute atomic E-state index is 0.364. The number of benzene rings is 2. The monoisotopic (exact) mass is 326 g/mol. The van der Waals surface area contributed by atoms with Crippen LogP contribution in [0.4, 0.5) is 4.39 Å². The molecule has 0 spiro atoms. The summed E-state index contributed by atoms with van der Waals surface area (Å²) in [5, 5.41) is 9.15. The van der Waals surface area contributed by atoms with Crippen molar-refractivity contribution in [1.29, 1.82) is 0 Å².